The van der Waals surface area contributed by atoms with Gasteiger partial charge in [0.15, 0.2) is 0 Å². The molecule has 0 N–H and O–H groups in total. The molecule has 4 heteroatoms. The molecule has 0 aromatic heterocycles. The molecule has 3 atom stereocenters. The minimum Gasteiger partial charge on any atom is -0.352 e. The molecule has 4 nitrogen and oxygen atoms in total. The summed E-state index contributed by atoms with van der Waals surface area (Å²) < 4.78 is 0. The highest BCUT2D eigenvalue weighted by Gasteiger charge is 2.45. The first-order valence-corrected chi connectivity index (χ1v) is 18.4. The second-order valence-corrected chi connectivity index (χ2v) is 14.2. The van der Waals surface area contributed by atoms with E-state index in [9.17, 15) is 0 Å². The number of rotatable bonds is 8. The van der Waals surface area contributed by atoms with Crippen LogP contribution in [0.5, 0.6) is 0 Å². The normalized spacial score (nSPS) is 19.3. The number of hydrogen-bond acceptors (Lipinski definition) is 4. The lowest BCUT2D eigenvalue weighted by Crippen LogP contribution is -2.48. The Hall–Kier alpha value is -4.18. The Morgan fingerprint density at radius 2 is 1.31 bits per heavy atom. The van der Waals surface area contributed by atoms with Crippen LogP contribution in [0.1, 0.15) is 95.4 Å². The van der Waals surface area contributed by atoms with Crippen LogP contribution >= 0.6 is 0 Å². The molecular formula is C44H56N4. The van der Waals surface area contributed by atoms with E-state index >= 15 is 0 Å². The van der Waals surface area contributed by atoms with Crippen LogP contribution < -0.4 is 19.6 Å². The Balaban J connectivity index is 0.000000519. The Morgan fingerprint density at radius 1 is 0.729 bits per heavy atom. The zero-order valence-corrected chi connectivity index (χ0v) is 30.7. The molecule has 0 fully saturated rings. The maximum absolute atomic E-state index is 4.12. The highest BCUT2D eigenvalue weighted by molar-refractivity contribution is 5.98. The standard InChI is InChI=1S/C37H40N4.C7H16/c1-8-13-26-21-35-33(19-25(26)9-2)39(7)37-24(5)18-29-30(16-23(4)17-31(29)41(35)37)40-34-22-28-15-12-11-14-27(28)20-32(34)38(6)36(40)10-3;1-3-5-7-6-4-2/h8-9,11-17,19-22,24,36-37H,2,10,18H2,1,3-7H3;3-7H2,1-2H3/b13-8-;. The monoisotopic (exact) mass is 640 g/mol. The molecule has 0 saturated carbocycles. The Labute approximate surface area is 290 Å². The Bertz CT molecular complexity index is 1810. The molecule has 0 radical (unpaired) electrons. The van der Waals surface area contributed by atoms with E-state index in [-0.39, 0.29) is 12.3 Å². The summed E-state index contributed by atoms with van der Waals surface area (Å²) in [6.45, 7) is 17.7. The summed E-state index contributed by atoms with van der Waals surface area (Å²) in [5, 5.41) is 2.59. The fourth-order valence-corrected chi connectivity index (χ4v) is 8.41. The predicted octanol–water partition coefficient (Wildman–Crippen LogP) is 12.2. The molecule has 48 heavy (non-hydrogen) atoms. The average Bonchev–Trinajstić information content (AvgIpc) is 3.53. The van der Waals surface area contributed by atoms with Gasteiger partial charge in [0.2, 0.25) is 0 Å². The van der Waals surface area contributed by atoms with E-state index in [1.54, 1.807) is 0 Å². The zero-order chi connectivity index (χ0) is 34.1. The number of hydrogen-bond donors (Lipinski definition) is 0. The van der Waals surface area contributed by atoms with Crippen molar-refractivity contribution in [3.63, 3.8) is 0 Å². The maximum Gasteiger partial charge on any atom is 0.109 e. The molecule has 0 saturated heterocycles. The van der Waals surface area contributed by atoms with E-state index in [2.05, 4.69) is 155 Å². The van der Waals surface area contributed by atoms with E-state index < -0.39 is 0 Å². The molecule has 3 aliphatic heterocycles. The number of allylic oxidation sites excluding steroid dienone is 1. The van der Waals surface area contributed by atoms with Crippen molar-refractivity contribution < 1.29 is 0 Å². The largest absolute Gasteiger partial charge is 0.352 e. The van der Waals surface area contributed by atoms with Crippen molar-refractivity contribution in [3.8, 4) is 0 Å². The average molecular weight is 641 g/mol. The third-order valence-corrected chi connectivity index (χ3v) is 10.7. The summed E-state index contributed by atoms with van der Waals surface area (Å²) in [5.74, 6) is 0.454. The van der Waals surface area contributed by atoms with Gasteiger partial charge in [0.1, 0.15) is 12.3 Å². The van der Waals surface area contributed by atoms with Gasteiger partial charge < -0.3 is 19.6 Å². The fraction of sp³-hybridized carbons (Fsp3) is 0.409. The van der Waals surface area contributed by atoms with E-state index in [1.165, 1.54) is 99.3 Å². The van der Waals surface area contributed by atoms with Crippen molar-refractivity contribution in [1.29, 1.82) is 0 Å². The smallest absolute Gasteiger partial charge is 0.109 e. The lowest BCUT2D eigenvalue weighted by atomic mass is 9.88. The fourth-order valence-electron chi connectivity index (χ4n) is 8.41. The van der Waals surface area contributed by atoms with Crippen molar-refractivity contribution in [1.82, 2.24) is 0 Å². The van der Waals surface area contributed by atoms with E-state index in [4.69, 9.17) is 0 Å². The van der Waals surface area contributed by atoms with Gasteiger partial charge in [-0.1, -0.05) is 109 Å². The number of aryl methyl sites for hydroxylation is 1. The number of unbranched alkanes of at least 4 members (excludes halogenated alkanes) is 4. The number of anilines is 6. The van der Waals surface area contributed by atoms with Crippen molar-refractivity contribution >= 4 is 57.0 Å². The van der Waals surface area contributed by atoms with Gasteiger partial charge in [-0.15, -0.1) is 0 Å². The third-order valence-electron chi connectivity index (χ3n) is 10.7. The SMILES string of the molecule is C=Cc1cc2c(cc1/C=C\C)N1c3cc(C)cc(N4c5cc6ccccc6cc5N(C)C4CC)c3CC(C)C1N2C.CCCCCCC. The number of nitrogens with zero attached hydrogens (tertiary/aromatic N) is 4. The van der Waals surface area contributed by atoms with Crippen LogP contribution in [0.25, 0.3) is 22.9 Å². The second-order valence-electron chi connectivity index (χ2n) is 14.2. The van der Waals surface area contributed by atoms with Crippen molar-refractivity contribution in [2.45, 2.75) is 98.8 Å². The van der Waals surface area contributed by atoms with E-state index in [0.717, 1.165) is 12.8 Å². The molecular weight excluding hydrogens is 585 g/mol. The highest BCUT2D eigenvalue weighted by Crippen LogP contribution is 2.55. The lowest BCUT2D eigenvalue weighted by Gasteiger charge is -2.43. The summed E-state index contributed by atoms with van der Waals surface area (Å²) in [5.41, 5.74) is 13.0. The molecule has 252 valence electrons. The number of fused-ring (bicyclic) bond motifs is 7. The summed E-state index contributed by atoms with van der Waals surface area (Å²) in [4.78, 5) is 10.2. The maximum atomic E-state index is 4.12. The van der Waals surface area contributed by atoms with Gasteiger partial charge in [-0.05, 0) is 96.5 Å². The van der Waals surface area contributed by atoms with Crippen LogP contribution in [0.15, 0.2) is 73.3 Å². The van der Waals surface area contributed by atoms with Gasteiger partial charge >= 0.3 is 0 Å². The molecule has 0 spiro atoms. The van der Waals surface area contributed by atoms with E-state index in [1.807, 2.05) is 6.08 Å². The first kappa shape index (κ1) is 33.7. The first-order chi connectivity index (χ1) is 23.3. The van der Waals surface area contributed by atoms with Crippen LogP contribution in [0.2, 0.25) is 0 Å². The summed E-state index contributed by atoms with van der Waals surface area (Å²) in [6.07, 6.45) is 15.9. The van der Waals surface area contributed by atoms with E-state index in [0.29, 0.717) is 5.92 Å². The van der Waals surface area contributed by atoms with Gasteiger partial charge in [-0.3, -0.25) is 0 Å². The van der Waals surface area contributed by atoms with Crippen LogP contribution in [-0.2, 0) is 6.42 Å². The summed E-state index contributed by atoms with van der Waals surface area (Å²) in [7, 11) is 4.52. The highest BCUT2D eigenvalue weighted by atomic mass is 15.4. The van der Waals surface area contributed by atoms with Crippen LogP contribution in [0.4, 0.5) is 34.1 Å². The molecule has 3 heterocycles. The second kappa shape index (κ2) is 14.1. The zero-order valence-electron chi connectivity index (χ0n) is 30.7. The summed E-state index contributed by atoms with van der Waals surface area (Å²) in [6, 6.07) is 23.1. The minimum atomic E-state index is 0.269. The van der Waals surface area contributed by atoms with Gasteiger partial charge in [0.05, 0.1) is 22.7 Å². The molecule has 0 aliphatic carbocycles. The van der Waals surface area contributed by atoms with Crippen LogP contribution in [-0.4, -0.2) is 26.4 Å². The Kier molecular flexibility index (Phi) is 9.92. The van der Waals surface area contributed by atoms with Crippen LogP contribution in [0.3, 0.4) is 0 Å². The molecule has 3 aliphatic rings. The van der Waals surface area contributed by atoms with Crippen molar-refractivity contribution in [2.24, 2.45) is 5.92 Å². The molecule has 0 bridgehead atoms. The molecule has 0 amide bonds. The predicted molar refractivity (Wildman–Crippen MR) is 213 cm³/mol. The quantitative estimate of drug-likeness (QED) is 0.178. The van der Waals surface area contributed by atoms with Gasteiger partial charge in [0.25, 0.3) is 0 Å². The van der Waals surface area contributed by atoms with Gasteiger partial charge in [-0.25, -0.2) is 0 Å². The molecule has 3 unspecified atom stereocenters. The van der Waals surface area contributed by atoms with Gasteiger partial charge in [0, 0.05) is 31.0 Å². The molecule has 7 rings (SSSR count). The summed E-state index contributed by atoms with van der Waals surface area (Å²) >= 11 is 0. The minimum absolute atomic E-state index is 0.269. The first-order valence-electron chi connectivity index (χ1n) is 18.4. The third kappa shape index (κ3) is 5.78. The van der Waals surface area contributed by atoms with Crippen molar-refractivity contribution in [2.75, 3.05) is 33.7 Å². The van der Waals surface area contributed by atoms with Gasteiger partial charge in [-0.2, -0.15) is 0 Å². The number of benzene rings is 4. The van der Waals surface area contributed by atoms with Crippen molar-refractivity contribution in [3.05, 3.63) is 95.6 Å². The van der Waals surface area contributed by atoms with Crippen LogP contribution in [0, 0.1) is 12.8 Å². The topological polar surface area (TPSA) is 13.0 Å². The molecule has 4 aromatic rings. The lowest BCUT2D eigenvalue weighted by molar-refractivity contribution is 0.437. The molecule has 4 aromatic carbocycles. The Morgan fingerprint density at radius 3 is 1.92 bits per heavy atom.